The summed E-state index contributed by atoms with van der Waals surface area (Å²) in [7, 11) is 0. The average Bonchev–Trinajstić information content (AvgIpc) is 2.14. The predicted octanol–water partition coefficient (Wildman–Crippen LogP) is 2.25. The Morgan fingerprint density at radius 1 is 1.58 bits per heavy atom. The van der Waals surface area contributed by atoms with E-state index in [9.17, 15) is 9.18 Å². The van der Waals surface area contributed by atoms with Crippen molar-refractivity contribution >= 4 is 17.6 Å². The Morgan fingerprint density at radius 3 is 2.75 bits per heavy atom. The third kappa shape index (κ3) is 2.08. The molecule has 0 aromatic heterocycles. The molecule has 0 aromatic carbocycles. The zero-order chi connectivity index (χ0) is 9.14. The zero-order valence-electron chi connectivity index (χ0n) is 6.26. The minimum absolute atomic E-state index is 0.201. The molecule has 1 unspecified atom stereocenters. The van der Waals surface area contributed by atoms with Gasteiger partial charge in [-0.1, -0.05) is 6.08 Å². The number of rotatable bonds is 1. The quantitative estimate of drug-likeness (QED) is 0.644. The first-order valence-corrected chi connectivity index (χ1v) is 3.98. The second-order valence-corrected chi connectivity index (χ2v) is 3.16. The van der Waals surface area contributed by atoms with Gasteiger partial charge in [0, 0.05) is 5.38 Å². The van der Waals surface area contributed by atoms with E-state index in [1.807, 2.05) is 0 Å². The Bertz CT molecular complexity index is 258. The summed E-state index contributed by atoms with van der Waals surface area (Å²) in [5, 5.41) is 8.33. The van der Waals surface area contributed by atoms with E-state index in [4.69, 9.17) is 16.7 Å². The van der Waals surface area contributed by atoms with Crippen LogP contribution in [-0.4, -0.2) is 16.5 Å². The molecular weight excluding hydrogens is 183 g/mol. The van der Waals surface area contributed by atoms with Gasteiger partial charge in [-0.2, -0.15) is 0 Å². The first kappa shape index (κ1) is 9.26. The lowest BCUT2D eigenvalue weighted by Crippen LogP contribution is -2.00. The van der Waals surface area contributed by atoms with Crippen molar-refractivity contribution in [2.75, 3.05) is 0 Å². The molecule has 0 radical (unpaired) electrons. The Labute approximate surface area is 74.3 Å². The van der Waals surface area contributed by atoms with Crippen molar-refractivity contribution < 1.29 is 14.3 Å². The molecule has 2 nitrogen and oxygen atoms in total. The molecule has 0 bridgehead atoms. The normalized spacial score (nSPS) is 24.0. The number of aliphatic carboxylic acids is 1. The van der Waals surface area contributed by atoms with E-state index in [-0.39, 0.29) is 11.0 Å². The summed E-state index contributed by atoms with van der Waals surface area (Å²) >= 11 is 5.71. The summed E-state index contributed by atoms with van der Waals surface area (Å²) in [5.41, 5.74) is -0.279. The van der Waals surface area contributed by atoms with Crippen LogP contribution in [0, 0.1) is 0 Å². The van der Waals surface area contributed by atoms with Gasteiger partial charge >= 0.3 is 5.97 Å². The Hall–Kier alpha value is -0.830. The Morgan fingerprint density at radius 2 is 2.17 bits per heavy atom. The van der Waals surface area contributed by atoms with Crippen molar-refractivity contribution in [3.05, 3.63) is 23.6 Å². The van der Waals surface area contributed by atoms with Gasteiger partial charge in [0.15, 0.2) is 0 Å². The standard InChI is InChI=1S/C8H8ClFO2/c9-5-1-3-6(8(11)12)7(10)4-2-5/h3-5H,1-2H2,(H,11,12). The van der Waals surface area contributed by atoms with Crippen molar-refractivity contribution in [3.63, 3.8) is 0 Å². The molecule has 1 aliphatic rings. The van der Waals surface area contributed by atoms with Gasteiger partial charge in [-0.15, -0.1) is 11.6 Å². The molecule has 0 saturated heterocycles. The summed E-state index contributed by atoms with van der Waals surface area (Å²) in [6.07, 6.45) is 3.30. The number of carboxylic acids is 1. The molecule has 1 rings (SSSR count). The average molecular weight is 191 g/mol. The summed E-state index contributed by atoms with van der Waals surface area (Å²) in [5.74, 6) is -1.93. The SMILES string of the molecule is O=C(O)C1=CCC(Cl)CC=C1F. The molecule has 0 aromatic rings. The molecule has 12 heavy (non-hydrogen) atoms. The first-order valence-electron chi connectivity index (χ1n) is 3.55. The number of hydrogen-bond donors (Lipinski definition) is 1. The van der Waals surface area contributed by atoms with Crippen LogP contribution in [0.1, 0.15) is 12.8 Å². The van der Waals surface area contributed by atoms with Gasteiger partial charge in [0.1, 0.15) is 5.83 Å². The lowest BCUT2D eigenvalue weighted by molar-refractivity contribution is -0.132. The summed E-state index contributed by atoms with van der Waals surface area (Å²) in [6, 6.07) is 0. The Balaban J connectivity index is 2.89. The van der Waals surface area contributed by atoms with Gasteiger partial charge in [0.25, 0.3) is 0 Å². The molecule has 1 atom stereocenters. The largest absolute Gasteiger partial charge is 0.478 e. The fourth-order valence-electron chi connectivity index (χ4n) is 0.970. The fourth-order valence-corrected chi connectivity index (χ4v) is 1.15. The number of halogens is 2. The van der Waals surface area contributed by atoms with E-state index < -0.39 is 11.8 Å². The second kappa shape index (κ2) is 3.72. The highest BCUT2D eigenvalue weighted by Gasteiger charge is 2.17. The first-order chi connectivity index (χ1) is 5.61. The van der Waals surface area contributed by atoms with Crippen LogP contribution < -0.4 is 0 Å². The molecule has 66 valence electrons. The van der Waals surface area contributed by atoms with Gasteiger partial charge in [0.05, 0.1) is 5.57 Å². The van der Waals surface area contributed by atoms with Crippen LogP contribution in [0.2, 0.25) is 0 Å². The van der Waals surface area contributed by atoms with E-state index in [1.165, 1.54) is 12.2 Å². The smallest absolute Gasteiger partial charge is 0.338 e. The van der Waals surface area contributed by atoms with Crippen LogP contribution in [0.3, 0.4) is 0 Å². The topological polar surface area (TPSA) is 37.3 Å². The number of carboxylic acid groups (broad SMARTS) is 1. The van der Waals surface area contributed by atoms with E-state index in [2.05, 4.69) is 0 Å². The molecule has 0 spiro atoms. The van der Waals surface area contributed by atoms with Gasteiger partial charge < -0.3 is 5.11 Å². The molecule has 0 fully saturated rings. The lowest BCUT2D eigenvalue weighted by atomic mass is 10.2. The predicted molar refractivity (Wildman–Crippen MR) is 43.8 cm³/mol. The van der Waals surface area contributed by atoms with Crippen LogP contribution in [-0.2, 0) is 4.79 Å². The van der Waals surface area contributed by atoms with Crippen molar-refractivity contribution in [1.82, 2.24) is 0 Å². The highest BCUT2D eigenvalue weighted by molar-refractivity contribution is 6.20. The third-order valence-corrected chi connectivity index (χ3v) is 1.97. The number of allylic oxidation sites excluding steroid dienone is 2. The second-order valence-electron chi connectivity index (χ2n) is 2.54. The van der Waals surface area contributed by atoms with Gasteiger partial charge in [-0.3, -0.25) is 0 Å². The van der Waals surface area contributed by atoms with E-state index in [0.29, 0.717) is 12.8 Å². The van der Waals surface area contributed by atoms with Crippen molar-refractivity contribution in [1.29, 1.82) is 0 Å². The molecule has 0 saturated carbocycles. The molecule has 0 amide bonds. The number of carbonyl (C=O) groups is 1. The number of alkyl halides is 1. The van der Waals surface area contributed by atoms with Crippen molar-refractivity contribution in [2.24, 2.45) is 0 Å². The summed E-state index contributed by atoms with van der Waals surface area (Å²) < 4.78 is 12.9. The van der Waals surface area contributed by atoms with Crippen molar-refractivity contribution in [2.45, 2.75) is 18.2 Å². The molecule has 0 aliphatic heterocycles. The maximum absolute atomic E-state index is 12.9. The Kier molecular flexibility index (Phi) is 2.87. The van der Waals surface area contributed by atoms with E-state index >= 15 is 0 Å². The monoisotopic (exact) mass is 190 g/mol. The highest BCUT2D eigenvalue weighted by atomic mass is 35.5. The van der Waals surface area contributed by atoms with Gasteiger partial charge in [-0.05, 0) is 18.9 Å². The lowest BCUT2D eigenvalue weighted by Gasteiger charge is -1.97. The summed E-state index contributed by atoms with van der Waals surface area (Å²) in [6.45, 7) is 0. The van der Waals surface area contributed by atoms with E-state index in [1.54, 1.807) is 0 Å². The van der Waals surface area contributed by atoms with Gasteiger partial charge in [0.2, 0.25) is 0 Å². The molecule has 1 N–H and O–H groups in total. The molecule has 1 aliphatic carbocycles. The minimum Gasteiger partial charge on any atom is -0.478 e. The van der Waals surface area contributed by atoms with Gasteiger partial charge in [-0.25, -0.2) is 9.18 Å². The minimum atomic E-state index is -1.24. The van der Waals surface area contributed by atoms with Crippen LogP contribution in [0.25, 0.3) is 0 Å². The third-order valence-electron chi connectivity index (χ3n) is 1.62. The summed E-state index contributed by atoms with van der Waals surface area (Å²) in [4.78, 5) is 10.4. The fraction of sp³-hybridized carbons (Fsp3) is 0.375. The molecule has 4 heteroatoms. The maximum atomic E-state index is 12.9. The van der Waals surface area contributed by atoms with Crippen LogP contribution >= 0.6 is 11.6 Å². The van der Waals surface area contributed by atoms with E-state index in [0.717, 1.165) is 0 Å². The van der Waals surface area contributed by atoms with Crippen LogP contribution in [0.4, 0.5) is 4.39 Å². The van der Waals surface area contributed by atoms with Crippen LogP contribution in [0.5, 0.6) is 0 Å². The maximum Gasteiger partial charge on any atom is 0.338 e. The van der Waals surface area contributed by atoms with Crippen LogP contribution in [0.15, 0.2) is 23.6 Å². The number of hydrogen-bond acceptors (Lipinski definition) is 1. The van der Waals surface area contributed by atoms with Crippen molar-refractivity contribution in [3.8, 4) is 0 Å². The molecule has 0 heterocycles. The highest BCUT2D eigenvalue weighted by Crippen LogP contribution is 2.22. The molecular formula is C8H8ClFO2. The zero-order valence-corrected chi connectivity index (χ0v) is 7.01.